The summed E-state index contributed by atoms with van der Waals surface area (Å²) in [5, 5.41) is 10.4. The number of aliphatic hydroxyl groups excluding tert-OH is 1. The molecule has 1 N–H and O–H groups in total. The molecule has 0 bridgehead atoms. The van der Waals surface area contributed by atoms with E-state index in [-0.39, 0.29) is 18.5 Å². The van der Waals surface area contributed by atoms with Crippen molar-refractivity contribution in [2.45, 2.75) is 18.9 Å². The highest BCUT2D eigenvalue weighted by molar-refractivity contribution is 6.35. The topological polar surface area (TPSA) is 62.7 Å². The molecule has 0 saturated carbocycles. The Hall–Kier alpha value is -2.60. The van der Waals surface area contributed by atoms with Crippen molar-refractivity contribution in [2.75, 3.05) is 24.6 Å². The lowest BCUT2D eigenvalue weighted by Crippen LogP contribution is -2.26. The van der Waals surface area contributed by atoms with E-state index in [4.69, 9.17) is 27.9 Å². The third-order valence-electron chi connectivity index (χ3n) is 5.34. The van der Waals surface area contributed by atoms with Crippen molar-refractivity contribution in [2.24, 2.45) is 0 Å². The van der Waals surface area contributed by atoms with Crippen LogP contribution in [0.25, 0.3) is 0 Å². The summed E-state index contributed by atoms with van der Waals surface area (Å²) < 4.78 is 6.00. The molecule has 0 radical (unpaired) electrons. The average molecular weight is 457 g/mol. The third-order valence-corrected chi connectivity index (χ3v) is 5.95. The summed E-state index contributed by atoms with van der Waals surface area (Å²) in [6.45, 7) is 1.43. The Balaban J connectivity index is 1.58. The molecule has 1 fully saturated rings. The smallest absolute Gasteiger partial charge is 0.232 e. The van der Waals surface area contributed by atoms with Crippen molar-refractivity contribution in [3.63, 3.8) is 0 Å². The van der Waals surface area contributed by atoms with Crippen LogP contribution in [0.5, 0.6) is 5.88 Å². The Morgan fingerprint density at radius 1 is 1.13 bits per heavy atom. The van der Waals surface area contributed by atoms with E-state index in [1.165, 1.54) is 0 Å². The van der Waals surface area contributed by atoms with Crippen LogP contribution in [0, 0.1) is 0 Å². The molecule has 0 unspecified atom stereocenters. The predicted molar refractivity (Wildman–Crippen MR) is 123 cm³/mol. The zero-order valence-electron chi connectivity index (χ0n) is 16.8. The Bertz CT molecular complexity index is 1090. The molecule has 1 saturated heterocycles. The molecule has 4 rings (SSSR count). The lowest BCUT2D eigenvalue weighted by Gasteiger charge is -2.23. The highest BCUT2D eigenvalue weighted by atomic mass is 35.5. The van der Waals surface area contributed by atoms with E-state index in [1.54, 1.807) is 48.7 Å². The summed E-state index contributed by atoms with van der Waals surface area (Å²) in [5.41, 5.74) is 2.93. The number of ketones is 1. The minimum absolute atomic E-state index is 0.0299. The highest BCUT2D eigenvalue weighted by Gasteiger charge is 2.27. The van der Waals surface area contributed by atoms with Gasteiger partial charge >= 0.3 is 0 Å². The molecule has 2 heterocycles. The van der Waals surface area contributed by atoms with Crippen LogP contribution < -0.4 is 9.64 Å². The van der Waals surface area contributed by atoms with Gasteiger partial charge in [-0.25, -0.2) is 4.98 Å². The summed E-state index contributed by atoms with van der Waals surface area (Å²) in [6, 6.07) is 16.1. The first-order chi connectivity index (χ1) is 15.1. The molecule has 160 valence electrons. The van der Waals surface area contributed by atoms with E-state index in [9.17, 15) is 9.90 Å². The number of rotatable bonds is 7. The van der Waals surface area contributed by atoms with Crippen LogP contribution in [0.2, 0.25) is 10.0 Å². The van der Waals surface area contributed by atoms with Gasteiger partial charge in [0.1, 0.15) is 11.1 Å². The standard InChI is InChI=1S/C24H22Cl2N2O3/c25-20-5-2-1-4-19(20)23(30)17-8-7-16(10-13-29)22(14-17)28-12-9-18(15-28)31-24-21(26)6-3-11-27-24/h1-8,11,14,18,29H,9-10,12-13,15H2/t18-/m0/s1. The minimum Gasteiger partial charge on any atom is -0.471 e. The molecule has 0 aliphatic carbocycles. The summed E-state index contributed by atoms with van der Waals surface area (Å²) in [5.74, 6) is 0.295. The molecule has 3 aromatic rings. The Morgan fingerprint density at radius 3 is 2.71 bits per heavy atom. The van der Waals surface area contributed by atoms with Gasteiger partial charge in [0.05, 0.1) is 11.6 Å². The largest absolute Gasteiger partial charge is 0.471 e. The van der Waals surface area contributed by atoms with Gasteiger partial charge in [-0.05, 0) is 42.3 Å². The second kappa shape index (κ2) is 9.69. The SMILES string of the molecule is O=C(c1ccc(CCO)c(N2CC[C@H](Oc3ncccc3Cl)C2)c1)c1ccccc1Cl. The number of halogens is 2. The number of aromatic nitrogens is 1. The van der Waals surface area contributed by atoms with E-state index in [0.717, 1.165) is 24.2 Å². The van der Waals surface area contributed by atoms with E-state index in [2.05, 4.69) is 9.88 Å². The van der Waals surface area contributed by atoms with Gasteiger partial charge in [0, 0.05) is 42.6 Å². The number of benzene rings is 2. The molecule has 1 aliphatic rings. The van der Waals surface area contributed by atoms with E-state index >= 15 is 0 Å². The van der Waals surface area contributed by atoms with Gasteiger partial charge < -0.3 is 14.7 Å². The Morgan fingerprint density at radius 2 is 1.94 bits per heavy atom. The molecule has 1 aliphatic heterocycles. The van der Waals surface area contributed by atoms with Crippen molar-refractivity contribution in [1.29, 1.82) is 0 Å². The normalized spacial score (nSPS) is 15.8. The van der Waals surface area contributed by atoms with E-state index < -0.39 is 0 Å². The fraction of sp³-hybridized carbons (Fsp3) is 0.250. The summed E-state index contributed by atoms with van der Waals surface area (Å²) in [6.07, 6.45) is 2.88. The molecule has 1 aromatic heterocycles. The van der Waals surface area contributed by atoms with Crippen molar-refractivity contribution in [1.82, 2.24) is 4.98 Å². The quantitative estimate of drug-likeness (QED) is 0.516. The molecule has 1 atom stereocenters. The molecule has 7 heteroatoms. The second-order valence-corrected chi connectivity index (χ2v) is 8.21. The number of pyridine rings is 1. The zero-order chi connectivity index (χ0) is 21.8. The van der Waals surface area contributed by atoms with Crippen molar-refractivity contribution in [3.8, 4) is 5.88 Å². The van der Waals surface area contributed by atoms with Gasteiger partial charge in [-0.1, -0.05) is 47.5 Å². The van der Waals surface area contributed by atoms with Crippen LogP contribution >= 0.6 is 23.2 Å². The molecule has 31 heavy (non-hydrogen) atoms. The van der Waals surface area contributed by atoms with Gasteiger partial charge in [-0.15, -0.1) is 0 Å². The number of hydrogen-bond acceptors (Lipinski definition) is 5. The molecule has 5 nitrogen and oxygen atoms in total. The first kappa shape index (κ1) is 21.6. The van der Waals surface area contributed by atoms with Gasteiger partial charge in [-0.3, -0.25) is 4.79 Å². The number of carbonyl (C=O) groups is 1. The van der Waals surface area contributed by atoms with Crippen LogP contribution in [0.1, 0.15) is 27.9 Å². The van der Waals surface area contributed by atoms with E-state index in [0.29, 0.717) is 40.0 Å². The number of nitrogens with zero attached hydrogens (tertiary/aromatic N) is 2. The fourth-order valence-corrected chi connectivity index (χ4v) is 4.18. The molecule has 2 aromatic carbocycles. The number of aliphatic hydroxyl groups is 1. The second-order valence-electron chi connectivity index (χ2n) is 7.39. The van der Waals surface area contributed by atoms with Crippen LogP contribution in [0.3, 0.4) is 0 Å². The molecular weight excluding hydrogens is 435 g/mol. The highest BCUT2D eigenvalue weighted by Crippen LogP contribution is 2.31. The van der Waals surface area contributed by atoms with Gasteiger partial charge in [0.15, 0.2) is 5.78 Å². The van der Waals surface area contributed by atoms with Crippen LogP contribution in [0.15, 0.2) is 60.8 Å². The number of carbonyl (C=O) groups excluding carboxylic acids is 1. The van der Waals surface area contributed by atoms with Crippen molar-refractivity contribution < 1.29 is 14.6 Å². The lowest BCUT2D eigenvalue weighted by molar-refractivity contribution is 0.103. The first-order valence-corrected chi connectivity index (χ1v) is 10.9. The maximum atomic E-state index is 13.0. The summed E-state index contributed by atoms with van der Waals surface area (Å²) in [4.78, 5) is 19.4. The number of hydrogen-bond donors (Lipinski definition) is 1. The van der Waals surface area contributed by atoms with Gasteiger partial charge in [-0.2, -0.15) is 0 Å². The minimum atomic E-state index is -0.130. The summed E-state index contributed by atoms with van der Waals surface area (Å²) >= 11 is 12.4. The predicted octanol–water partition coefficient (Wildman–Crippen LogP) is 4.81. The summed E-state index contributed by atoms with van der Waals surface area (Å²) in [7, 11) is 0. The molecule has 0 spiro atoms. The van der Waals surface area contributed by atoms with Crippen molar-refractivity contribution >= 4 is 34.7 Å². The monoisotopic (exact) mass is 456 g/mol. The van der Waals surface area contributed by atoms with Crippen LogP contribution in [-0.2, 0) is 6.42 Å². The third kappa shape index (κ3) is 4.85. The zero-order valence-corrected chi connectivity index (χ0v) is 18.3. The van der Waals surface area contributed by atoms with Crippen LogP contribution in [-0.4, -0.2) is 41.7 Å². The first-order valence-electron chi connectivity index (χ1n) is 10.1. The number of ether oxygens (including phenoxy) is 1. The Labute approximate surface area is 191 Å². The maximum absolute atomic E-state index is 13.0. The fourth-order valence-electron chi connectivity index (χ4n) is 3.79. The molecule has 0 amide bonds. The van der Waals surface area contributed by atoms with Gasteiger partial charge in [0.2, 0.25) is 5.88 Å². The Kier molecular flexibility index (Phi) is 6.76. The van der Waals surface area contributed by atoms with Crippen molar-refractivity contribution in [3.05, 3.63) is 87.5 Å². The van der Waals surface area contributed by atoms with Crippen LogP contribution in [0.4, 0.5) is 5.69 Å². The lowest BCUT2D eigenvalue weighted by atomic mass is 9.99. The van der Waals surface area contributed by atoms with Gasteiger partial charge in [0.25, 0.3) is 0 Å². The average Bonchev–Trinajstić information content (AvgIpc) is 3.24. The maximum Gasteiger partial charge on any atom is 0.232 e. The number of anilines is 1. The molecular formula is C24H22Cl2N2O3. The van der Waals surface area contributed by atoms with E-state index in [1.807, 2.05) is 12.1 Å².